The summed E-state index contributed by atoms with van der Waals surface area (Å²) < 4.78 is 44.6. The average molecular weight is 531 g/mol. The Morgan fingerprint density at radius 1 is 1.14 bits per heavy atom. The van der Waals surface area contributed by atoms with E-state index in [0.29, 0.717) is 30.0 Å². The average Bonchev–Trinajstić information content (AvgIpc) is 3.46. The lowest BCUT2D eigenvalue weighted by molar-refractivity contribution is -0.153. The number of carbonyl (C=O) groups excluding carboxylic acids is 1. The largest absolute Gasteiger partial charge is 0.480 e. The van der Waals surface area contributed by atoms with Crippen LogP contribution in [0.1, 0.15) is 47.9 Å². The summed E-state index contributed by atoms with van der Waals surface area (Å²) in [4.78, 5) is 25.6. The number of ether oxygens (including phenoxy) is 1. The molecular weight excluding hydrogens is 501 g/mol. The van der Waals surface area contributed by atoms with Crippen molar-refractivity contribution in [1.29, 1.82) is 0 Å². The molecule has 1 aromatic carbocycles. The normalized spacial score (nSPS) is 16.0. The zero-order valence-electron chi connectivity index (χ0n) is 19.7. The Labute approximate surface area is 217 Å². The highest BCUT2D eigenvalue weighted by atomic mass is 32.1. The molecule has 3 aromatic heterocycles. The summed E-state index contributed by atoms with van der Waals surface area (Å²) in [5.41, 5.74) is 2.45. The minimum atomic E-state index is -4.43. The molecule has 196 valence electrons. The summed E-state index contributed by atoms with van der Waals surface area (Å²) in [6.45, 7) is 1.15. The first kappa shape index (κ1) is 26.7. The summed E-state index contributed by atoms with van der Waals surface area (Å²) in [6.07, 6.45) is 2.29. The number of likely N-dealkylation sites (tertiary alicyclic amines) is 1. The van der Waals surface area contributed by atoms with Crippen molar-refractivity contribution in [2.75, 3.05) is 13.2 Å². The van der Waals surface area contributed by atoms with Crippen molar-refractivity contribution >= 4 is 22.9 Å². The minimum absolute atomic E-state index is 0. The third-order valence-electron chi connectivity index (χ3n) is 6.19. The number of amides is 1. The van der Waals surface area contributed by atoms with Crippen LogP contribution in [0.3, 0.4) is 0 Å². The van der Waals surface area contributed by atoms with Crippen molar-refractivity contribution in [3.63, 3.8) is 0 Å². The number of aryl methyl sites for hydroxylation is 1. The lowest BCUT2D eigenvalue weighted by Gasteiger charge is -2.35. The molecule has 1 saturated heterocycles. The van der Waals surface area contributed by atoms with Crippen LogP contribution in [0.15, 0.2) is 54.9 Å². The number of carbonyl (C=O) groups is 1. The van der Waals surface area contributed by atoms with Crippen molar-refractivity contribution in [3.05, 3.63) is 71.3 Å². The number of hydrogen-bond donors (Lipinski definition) is 0. The summed E-state index contributed by atoms with van der Waals surface area (Å²) in [5.74, 6) is -0.0241. The molecule has 1 atom stereocenters. The number of imidazole rings is 1. The predicted molar refractivity (Wildman–Crippen MR) is 138 cm³/mol. The molecule has 6 nitrogen and oxygen atoms in total. The fourth-order valence-electron chi connectivity index (χ4n) is 4.62. The third-order valence-corrected chi connectivity index (χ3v) is 7.21. The second-order valence-corrected chi connectivity index (χ2v) is 10.1. The molecule has 1 fully saturated rings. The first-order chi connectivity index (χ1) is 17.3. The zero-order chi connectivity index (χ0) is 25.3. The Hall–Kier alpha value is -3.40. The van der Waals surface area contributed by atoms with E-state index in [9.17, 15) is 18.0 Å². The van der Waals surface area contributed by atoms with Crippen LogP contribution in [0.5, 0.6) is 5.75 Å². The van der Waals surface area contributed by atoms with Crippen LogP contribution < -0.4 is 4.74 Å². The Bertz CT molecular complexity index is 1370. The Balaban J connectivity index is 0.00000320. The number of rotatable bonds is 6. The van der Waals surface area contributed by atoms with E-state index in [-0.39, 0.29) is 25.1 Å². The number of thiazole rings is 1. The number of hydrogen-bond acceptors (Lipinski definition) is 5. The van der Waals surface area contributed by atoms with Gasteiger partial charge >= 0.3 is 6.18 Å². The number of nitrogens with zero attached hydrogens (tertiary/aromatic N) is 4. The van der Waals surface area contributed by atoms with Gasteiger partial charge in [-0.25, -0.2) is 9.97 Å². The van der Waals surface area contributed by atoms with Gasteiger partial charge in [0.2, 0.25) is 0 Å². The molecule has 4 heterocycles. The molecule has 4 aromatic rings. The molecule has 0 aliphatic carbocycles. The summed E-state index contributed by atoms with van der Waals surface area (Å²) in [5, 5.41) is 0.831. The van der Waals surface area contributed by atoms with Gasteiger partial charge in [-0.1, -0.05) is 37.8 Å². The smallest absolute Gasteiger partial charge is 0.422 e. The highest BCUT2D eigenvalue weighted by molar-refractivity contribution is 7.15. The molecule has 1 amide bonds. The van der Waals surface area contributed by atoms with Crippen LogP contribution >= 0.6 is 11.3 Å². The fourth-order valence-corrected chi connectivity index (χ4v) is 5.54. The van der Waals surface area contributed by atoms with E-state index in [1.165, 1.54) is 17.4 Å². The first-order valence-electron chi connectivity index (χ1n) is 11.8. The maximum absolute atomic E-state index is 13.7. The van der Waals surface area contributed by atoms with Crippen LogP contribution in [0.4, 0.5) is 13.2 Å². The van der Waals surface area contributed by atoms with Gasteiger partial charge in [0.25, 0.3) is 5.91 Å². The maximum Gasteiger partial charge on any atom is 0.422 e. The van der Waals surface area contributed by atoms with Gasteiger partial charge < -0.3 is 14.0 Å². The van der Waals surface area contributed by atoms with Gasteiger partial charge in [-0.15, -0.1) is 11.3 Å². The van der Waals surface area contributed by atoms with Crippen molar-refractivity contribution in [2.24, 2.45) is 0 Å². The number of halogens is 3. The molecule has 37 heavy (non-hydrogen) atoms. The van der Waals surface area contributed by atoms with Crippen LogP contribution in [-0.4, -0.2) is 50.5 Å². The van der Waals surface area contributed by atoms with E-state index in [1.54, 1.807) is 22.9 Å². The number of alkyl halides is 3. The minimum Gasteiger partial charge on any atom is -0.480 e. The molecule has 10 heteroatoms. The molecular formula is C27H29F3N4O2S. The second-order valence-electron chi connectivity index (χ2n) is 8.87. The number of benzene rings is 1. The van der Waals surface area contributed by atoms with E-state index in [2.05, 4.69) is 9.97 Å². The number of pyridine rings is 1. The summed E-state index contributed by atoms with van der Waals surface area (Å²) in [7, 11) is 0. The molecule has 1 unspecified atom stereocenters. The van der Waals surface area contributed by atoms with E-state index in [0.717, 1.165) is 34.7 Å². The van der Waals surface area contributed by atoms with Gasteiger partial charge in [-0.3, -0.25) is 4.79 Å². The molecule has 0 radical (unpaired) electrons. The first-order valence-corrected chi connectivity index (χ1v) is 12.6. The van der Waals surface area contributed by atoms with Crippen LogP contribution in [0.2, 0.25) is 0 Å². The molecule has 0 bridgehead atoms. The van der Waals surface area contributed by atoms with E-state index in [1.807, 2.05) is 42.2 Å². The lowest BCUT2D eigenvalue weighted by Crippen LogP contribution is -2.45. The van der Waals surface area contributed by atoms with E-state index >= 15 is 0 Å². The highest BCUT2D eigenvalue weighted by Crippen LogP contribution is 2.33. The van der Waals surface area contributed by atoms with Crippen molar-refractivity contribution < 1.29 is 22.7 Å². The molecule has 0 saturated carbocycles. The van der Waals surface area contributed by atoms with Crippen molar-refractivity contribution in [3.8, 4) is 16.2 Å². The van der Waals surface area contributed by atoms with Crippen LogP contribution in [-0.2, 0) is 6.42 Å². The number of aromatic nitrogens is 3. The summed E-state index contributed by atoms with van der Waals surface area (Å²) >= 11 is 1.51. The van der Waals surface area contributed by atoms with Gasteiger partial charge in [0.05, 0.1) is 15.6 Å². The maximum atomic E-state index is 13.7. The molecule has 1 aliphatic rings. The van der Waals surface area contributed by atoms with E-state index < -0.39 is 12.8 Å². The fraction of sp³-hybridized carbons (Fsp3) is 0.370. The zero-order valence-corrected chi connectivity index (χ0v) is 20.5. The van der Waals surface area contributed by atoms with Crippen LogP contribution in [0, 0.1) is 6.92 Å². The van der Waals surface area contributed by atoms with Gasteiger partial charge in [-0.2, -0.15) is 13.2 Å². The summed E-state index contributed by atoms with van der Waals surface area (Å²) in [6, 6.07) is 12.8. The quantitative estimate of drug-likeness (QED) is 0.283. The van der Waals surface area contributed by atoms with E-state index in [4.69, 9.17) is 4.74 Å². The second kappa shape index (κ2) is 10.9. The van der Waals surface area contributed by atoms with Crippen molar-refractivity contribution in [2.45, 2.75) is 52.3 Å². The molecule has 0 N–H and O–H groups in total. The Kier molecular flexibility index (Phi) is 7.87. The Morgan fingerprint density at radius 3 is 2.68 bits per heavy atom. The van der Waals surface area contributed by atoms with Gasteiger partial charge in [0.15, 0.2) is 18.0 Å². The lowest BCUT2D eigenvalue weighted by atomic mass is 9.97. The van der Waals surface area contributed by atoms with Gasteiger partial charge in [0.1, 0.15) is 5.69 Å². The predicted octanol–water partition coefficient (Wildman–Crippen LogP) is 6.58. The van der Waals surface area contributed by atoms with Gasteiger partial charge in [0, 0.05) is 31.4 Å². The number of fused-ring (bicyclic) bond motifs is 1. The third kappa shape index (κ3) is 5.95. The SMILES string of the molecule is C.Cc1nc(C(=O)N2CCCCC2Cc2cn3cccc(OCC(F)(F)F)c3n2)c(-c2ccccc2)s1. The number of piperidine rings is 1. The molecule has 0 spiro atoms. The van der Waals surface area contributed by atoms with Gasteiger partial charge in [-0.05, 0) is 43.9 Å². The molecule has 5 rings (SSSR count). The van der Waals surface area contributed by atoms with Crippen molar-refractivity contribution in [1.82, 2.24) is 19.3 Å². The standard InChI is InChI=1S/C26H25F3N4O2S.CH4/c1-17-30-22(23(36-17)18-8-3-2-4-9-18)25(34)33-13-6-5-10-20(33)14-19-15-32-12-7-11-21(24(32)31-19)35-16-26(27,28)29;/h2-4,7-9,11-12,15,20H,5-6,10,13-14,16H2,1H3;1H4. The monoisotopic (exact) mass is 530 g/mol. The molecule has 1 aliphatic heterocycles. The highest BCUT2D eigenvalue weighted by Gasteiger charge is 2.32. The van der Waals surface area contributed by atoms with Crippen LogP contribution in [0.25, 0.3) is 16.1 Å². The topological polar surface area (TPSA) is 59.7 Å². The Morgan fingerprint density at radius 2 is 1.92 bits per heavy atom.